The molecule has 1 atom stereocenters. The Morgan fingerprint density at radius 1 is 1.11 bits per heavy atom. The molecule has 0 saturated carbocycles. The minimum atomic E-state index is -3.80. The predicted octanol–water partition coefficient (Wildman–Crippen LogP) is 4.48. The quantitative estimate of drug-likeness (QED) is 0.405. The fraction of sp³-hybridized carbons (Fsp3) is 0.360. The summed E-state index contributed by atoms with van der Waals surface area (Å²) < 4.78 is 51.8. The minimum Gasteiger partial charge on any atom is -0.491 e. The van der Waals surface area contributed by atoms with Gasteiger partial charge in [0.25, 0.3) is 0 Å². The lowest BCUT2D eigenvalue weighted by atomic mass is 10.1. The highest BCUT2D eigenvalue weighted by molar-refractivity contribution is 7.89. The fourth-order valence-electron chi connectivity index (χ4n) is 4.18. The summed E-state index contributed by atoms with van der Waals surface area (Å²) >= 11 is 0. The van der Waals surface area contributed by atoms with E-state index >= 15 is 0 Å². The van der Waals surface area contributed by atoms with Crippen LogP contribution in [0.3, 0.4) is 0 Å². The third-order valence-corrected chi connectivity index (χ3v) is 7.46. The van der Waals surface area contributed by atoms with Crippen LogP contribution in [-0.2, 0) is 15.6 Å². The number of hydrogen-bond acceptors (Lipinski definition) is 5. The molecule has 10 heteroatoms. The molecule has 4 aromatic rings. The molecule has 2 aromatic carbocycles. The second kappa shape index (κ2) is 9.09. The van der Waals surface area contributed by atoms with Crippen LogP contribution in [-0.4, -0.2) is 40.6 Å². The van der Waals surface area contributed by atoms with Gasteiger partial charge in [0.05, 0.1) is 45.8 Å². The van der Waals surface area contributed by atoms with Crippen molar-refractivity contribution in [3.63, 3.8) is 0 Å². The molecule has 0 aliphatic rings. The summed E-state index contributed by atoms with van der Waals surface area (Å²) in [5.41, 5.74) is 2.22. The Morgan fingerprint density at radius 2 is 1.80 bits per heavy atom. The first-order valence-electron chi connectivity index (χ1n) is 11.3. The van der Waals surface area contributed by atoms with E-state index in [1.807, 2.05) is 39.0 Å². The summed E-state index contributed by atoms with van der Waals surface area (Å²) in [6.45, 7) is 11.3. The summed E-state index contributed by atoms with van der Waals surface area (Å²) in [7, 11) is -3.80. The zero-order chi connectivity index (χ0) is 25.5. The van der Waals surface area contributed by atoms with Crippen LogP contribution in [0.1, 0.15) is 39.1 Å². The average Bonchev–Trinajstić information content (AvgIpc) is 3.33. The van der Waals surface area contributed by atoms with Crippen molar-refractivity contribution >= 4 is 20.9 Å². The molecule has 0 amide bonds. The summed E-state index contributed by atoms with van der Waals surface area (Å²) in [4.78, 5) is 0.196. The van der Waals surface area contributed by atoms with Gasteiger partial charge >= 0.3 is 0 Å². The molecule has 0 radical (unpaired) electrons. The van der Waals surface area contributed by atoms with Crippen molar-refractivity contribution in [2.24, 2.45) is 0 Å². The number of rotatable bonds is 7. The Bertz CT molecular complexity index is 1470. The zero-order valence-electron chi connectivity index (χ0n) is 20.7. The molecule has 2 heterocycles. The Kier molecular flexibility index (Phi) is 6.46. The van der Waals surface area contributed by atoms with Crippen molar-refractivity contribution < 1.29 is 17.5 Å². The maximum Gasteiger partial charge on any atom is 0.244 e. The Labute approximate surface area is 204 Å². The number of sulfonamides is 1. The van der Waals surface area contributed by atoms with Crippen molar-refractivity contribution in [3.8, 4) is 11.4 Å². The first kappa shape index (κ1) is 24.9. The van der Waals surface area contributed by atoms with Gasteiger partial charge in [-0.25, -0.2) is 22.2 Å². The van der Waals surface area contributed by atoms with Gasteiger partial charge in [-0.05, 0) is 77.9 Å². The molecule has 0 saturated heterocycles. The van der Waals surface area contributed by atoms with Gasteiger partial charge in [-0.3, -0.25) is 4.68 Å². The van der Waals surface area contributed by atoms with E-state index in [2.05, 4.69) is 14.9 Å². The monoisotopic (exact) mass is 499 g/mol. The van der Waals surface area contributed by atoms with Crippen LogP contribution in [0.25, 0.3) is 16.6 Å². The van der Waals surface area contributed by atoms with Crippen molar-refractivity contribution in [2.45, 2.75) is 58.0 Å². The van der Waals surface area contributed by atoms with E-state index in [0.717, 1.165) is 16.6 Å². The highest BCUT2D eigenvalue weighted by Gasteiger charge is 2.29. The largest absolute Gasteiger partial charge is 0.491 e. The third-order valence-electron chi connectivity index (χ3n) is 5.62. The number of benzene rings is 2. The van der Waals surface area contributed by atoms with Crippen LogP contribution in [0.15, 0.2) is 53.6 Å². The molecule has 0 aliphatic heterocycles. The fourth-order valence-corrected chi connectivity index (χ4v) is 5.80. The second-order valence-electron chi connectivity index (χ2n) is 9.64. The van der Waals surface area contributed by atoms with Gasteiger partial charge in [0.2, 0.25) is 10.0 Å². The second-order valence-corrected chi connectivity index (χ2v) is 11.3. The Morgan fingerprint density at radius 3 is 2.43 bits per heavy atom. The SMILES string of the molecule is Cc1nn(C(C)(C)C)c(C)c1S(=O)(=O)N[C@@H](C)COc1cccc2c1cnn2-c1ccc(F)cc1. The van der Waals surface area contributed by atoms with Crippen LogP contribution < -0.4 is 9.46 Å². The summed E-state index contributed by atoms with van der Waals surface area (Å²) in [5.74, 6) is 0.261. The molecule has 0 unspecified atom stereocenters. The van der Waals surface area contributed by atoms with Gasteiger partial charge in [-0.1, -0.05) is 6.07 Å². The van der Waals surface area contributed by atoms with Gasteiger partial charge in [-0.15, -0.1) is 0 Å². The summed E-state index contributed by atoms with van der Waals surface area (Å²) in [6, 6.07) is 11.1. The number of fused-ring (bicyclic) bond motifs is 1. The molecule has 4 rings (SSSR count). The molecule has 8 nitrogen and oxygen atoms in total. The zero-order valence-corrected chi connectivity index (χ0v) is 21.5. The summed E-state index contributed by atoms with van der Waals surface area (Å²) in [5, 5.41) is 9.64. The number of aromatic nitrogens is 4. The lowest BCUT2D eigenvalue weighted by Gasteiger charge is -2.21. The van der Waals surface area contributed by atoms with E-state index in [9.17, 15) is 12.8 Å². The maximum absolute atomic E-state index is 13.3. The van der Waals surface area contributed by atoms with E-state index in [1.165, 1.54) is 12.1 Å². The topological polar surface area (TPSA) is 91.0 Å². The van der Waals surface area contributed by atoms with Crippen molar-refractivity contribution in [1.82, 2.24) is 24.3 Å². The van der Waals surface area contributed by atoms with E-state index < -0.39 is 16.1 Å². The number of ether oxygens (including phenoxy) is 1. The van der Waals surface area contributed by atoms with Crippen molar-refractivity contribution in [1.29, 1.82) is 0 Å². The molecule has 0 aliphatic carbocycles. The standard InChI is InChI=1S/C25H30FN5O3S/c1-16(29-35(32,33)24-17(2)28-31(18(24)3)25(4,5)6)15-34-23-9-7-8-22-21(23)14-27-30(22)20-12-10-19(26)11-13-20/h7-14,16,29H,15H2,1-6H3/t16-/m0/s1. The number of nitrogens with one attached hydrogen (secondary N) is 1. The number of halogens is 1. The molecule has 0 fully saturated rings. The molecular weight excluding hydrogens is 469 g/mol. The van der Waals surface area contributed by atoms with E-state index in [4.69, 9.17) is 4.74 Å². The van der Waals surface area contributed by atoms with Gasteiger partial charge in [0.1, 0.15) is 23.1 Å². The van der Waals surface area contributed by atoms with E-state index in [1.54, 1.807) is 48.5 Å². The first-order valence-corrected chi connectivity index (χ1v) is 12.8. The highest BCUT2D eigenvalue weighted by Crippen LogP contribution is 2.28. The molecule has 0 bridgehead atoms. The van der Waals surface area contributed by atoms with Crippen LogP contribution >= 0.6 is 0 Å². The van der Waals surface area contributed by atoms with Crippen LogP contribution in [0.5, 0.6) is 5.75 Å². The maximum atomic E-state index is 13.3. The number of nitrogens with zero attached hydrogens (tertiary/aromatic N) is 4. The molecule has 2 aromatic heterocycles. The van der Waals surface area contributed by atoms with Gasteiger partial charge in [-0.2, -0.15) is 10.2 Å². The van der Waals surface area contributed by atoms with Crippen LogP contribution in [0, 0.1) is 19.7 Å². The average molecular weight is 500 g/mol. The van der Waals surface area contributed by atoms with Crippen LogP contribution in [0.2, 0.25) is 0 Å². The normalized spacial score (nSPS) is 13.3. The van der Waals surface area contributed by atoms with E-state index in [-0.39, 0.29) is 22.9 Å². The lowest BCUT2D eigenvalue weighted by molar-refractivity contribution is 0.290. The molecule has 35 heavy (non-hydrogen) atoms. The number of hydrogen-bond donors (Lipinski definition) is 1. The van der Waals surface area contributed by atoms with Gasteiger partial charge < -0.3 is 4.74 Å². The van der Waals surface area contributed by atoms with Crippen LogP contribution in [0.4, 0.5) is 4.39 Å². The van der Waals surface area contributed by atoms with Gasteiger partial charge in [0, 0.05) is 0 Å². The molecule has 186 valence electrons. The van der Waals surface area contributed by atoms with E-state index in [0.29, 0.717) is 17.1 Å². The third kappa shape index (κ3) is 4.94. The highest BCUT2D eigenvalue weighted by atomic mass is 32.2. The minimum absolute atomic E-state index is 0.117. The Hall–Kier alpha value is -3.24. The number of aryl methyl sites for hydroxylation is 1. The molecular formula is C25H30FN5O3S. The predicted molar refractivity (Wildman–Crippen MR) is 133 cm³/mol. The lowest BCUT2D eigenvalue weighted by Crippen LogP contribution is -2.37. The van der Waals surface area contributed by atoms with Crippen molar-refractivity contribution in [3.05, 3.63) is 65.9 Å². The smallest absolute Gasteiger partial charge is 0.244 e. The van der Waals surface area contributed by atoms with Gasteiger partial charge in [0.15, 0.2) is 0 Å². The Balaban J connectivity index is 1.51. The molecule has 0 spiro atoms. The summed E-state index contributed by atoms with van der Waals surface area (Å²) in [6.07, 6.45) is 1.68. The van der Waals surface area contributed by atoms with Crippen molar-refractivity contribution in [2.75, 3.05) is 6.61 Å². The first-order chi connectivity index (χ1) is 16.4. The molecule has 1 N–H and O–H groups in total.